The second-order valence-corrected chi connectivity index (χ2v) is 9.84. The standard InChI is InChI=1S/C29H23ClN2O3S/c1-3-35-28(34)24-25(20-7-5-4-6-8-20)31-29-32(26(24)21-13-15-22(30)16-14-21)27(33)23(36-29)17-19-11-9-18(2)10-12-19/h4-17,26H,3H2,1-2H3. The fourth-order valence-corrected chi connectivity index (χ4v) is 5.34. The molecule has 180 valence electrons. The van der Waals surface area contributed by atoms with Gasteiger partial charge in [-0.3, -0.25) is 9.36 Å². The highest BCUT2D eigenvalue weighted by atomic mass is 35.5. The van der Waals surface area contributed by atoms with Crippen molar-refractivity contribution in [3.63, 3.8) is 0 Å². The average Bonchev–Trinajstić information content (AvgIpc) is 3.20. The SMILES string of the molecule is CCOC(=O)C1=C(c2ccccc2)N=c2sc(=Cc3ccc(C)cc3)c(=O)n2C1c1ccc(Cl)cc1. The van der Waals surface area contributed by atoms with E-state index in [1.54, 1.807) is 23.6 Å². The summed E-state index contributed by atoms with van der Waals surface area (Å²) in [7, 11) is 0. The molecule has 0 radical (unpaired) electrons. The van der Waals surface area contributed by atoms with Crippen LogP contribution in [0.15, 0.2) is 94.2 Å². The third-order valence-electron chi connectivity index (χ3n) is 5.93. The van der Waals surface area contributed by atoms with Crippen molar-refractivity contribution in [3.05, 3.63) is 131 Å². The Kier molecular flexibility index (Phi) is 6.72. The fourth-order valence-electron chi connectivity index (χ4n) is 4.21. The molecule has 2 heterocycles. The molecule has 3 aromatic carbocycles. The Morgan fingerprint density at radius 3 is 2.42 bits per heavy atom. The van der Waals surface area contributed by atoms with Crippen molar-refractivity contribution in [1.29, 1.82) is 0 Å². The number of fused-ring (bicyclic) bond motifs is 1. The zero-order valence-electron chi connectivity index (χ0n) is 19.8. The second-order valence-electron chi connectivity index (χ2n) is 8.39. The topological polar surface area (TPSA) is 60.7 Å². The summed E-state index contributed by atoms with van der Waals surface area (Å²) in [5.74, 6) is -0.507. The smallest absolute Gasteiger partial charge is 0.338 e. The highest BCUT2D eigenvalue weighted by Crippen LogP contribution is 2.35. The molecule has 7 heteroatoms. The number of halogens is 1. The Balaban J connectivity index is 1.82. The van der Waals surface area contributed by atoms with Crippen molar-refractivity contribution in [1.82, 2.24) is 4.57 Å². The molecular weight excluding hydrogens is 492 g/mol. The molecule has 4 aromatic rings. The van der Waals surface area contributed by atoms with E-state index in [4.69, 9.17) is 21.3 Å². The number of thiazole rings is 1. The highest BCUT2D eigenvalue weighted by Gasteiger charge is 2.35. The summed E-state index contributed by atoms with van der Waals surface area (Å²) >= 11 is 7.47. The largest absolute Gasteiger partial charge is 0.463 e. The van der Waals surface area contributed by atoms with Gasteiger partial charge in [-0.1, -0.05) is 95.2 Å². The first-order valence-corrected chi connectivity index (χ1v) is 12.8. The normalized spacial score (nSPS) is 15.4. The fraction of sp³-hybridized carbons (Fsp3) is 0.138. The quantitative estimate of drug-likeness (QED) is 0.356. The molecule has 0 saturated carbocycles. The van der Waals surface area contributed by atoms with E-state index in [0.29, 0.717) is 25.6 Å². The maximum atomic E-state index is 13.8. The number of esters is 1. The van der Waals surface area contributed by atoms with E-state index in [1.807, 2.05) is 79.7 Å². The van der Waals surface area contributed by atoms with Crippen LogP contribution in [0.3, 0.4) is 0 Å². The Morgan fingerprint density at radius 1 is 1.06 bits per heavy atom. The van der Waals surface area contributed by atoms with Crippen molar-refractivity contribution in [2.45, 2.75) is 19.9 Å². The van der Waals surface area contributed by atoms with Gasteiger partial charge < -0.3 is 4.74 Å². The Morgan fingerprint density at radius 2 is 1.75 bits per heavy atom. The lowest BCUT2D eigenvalue weighted by Gasteiger charge is -2.25. The van der Waals surface area contributed by atoms with E-state index in [1.165, 1.54) is 11.3 Å². The van der Waals surface area contributed by atoms with E-state index in [-0.39, 0.29) is 12.2 Å². The van der Waals surface area contributed by atoms with Gasteiger partial charge >= 0.3 is 5.97 Å². The summed E-state index contributed by atoms with van der Waals surface area (Å²) in [5.41, 5.74) is 4.18. The minimum absolute atomic E-state index is 0.204. The first-order chi connectivity index (χ1) is 17.5. The van der Waals surface area contributed by atoms with Crippen LogP contribution in [-0.2, 0) is 9.53 Å². The highest BCUT2D eigenvalue weighted by molar-refractivity contribution is 7.07. The summed E-state index contributed by atoms with van der Waals surface area (Å²) in [4.78, 5) is 32.5. The van der Waals surface area contributed by atoms with Crippen LogP contribution >= 0.6 is 22.9 Å². The van der Waals surface area contributed by atoms with Crippen molar-refractivity contribution >= 4 is 40.7 Å². The number of benzene rings is 3. The number of hydrogen-bond acceptors (Lipinski definition) is 5. The molecule has 0 fully saturated rings. The maximum absolute atomic E-state index is 13.8. The predicted molar refractivity (Wildman–Crippen MR) is 144 cm³/mol. The first-order valence-electron chi connectivity index (χ1n) is 11.6. The number of aryl methyl sites for hydroxylation is 1. The van der Waals surface area contributed by atoms with E-state index in [0.717, 1.165) is 22.3 Å². The van der Waals surface area contributed by atoms with Gasteiger partial charge in [-0.2, -0.15) is 0 Å². The molecule has 0 spiro atoms. The van der Waals surface area contributed by atoms with E-state index >= 15 is 0 Å². The van der Waals surface area contributed by atoms with Crippen molar-refractivity contribution in [2.75, 3.05) is 6.61 Å². The second kappa shape index (κ2) is 10.1. The molecule has 0 N–H and O–H groups in total. The summed E-state index contributed by atoms with van der Waals surface area (Å²) in [6, 6.07) is 23.9. The molecule has 5 rings (SSSR count). The molecule has 0 bridgehead atoms. The van der Waals surface area contributed by atoms with Gasteiger partial charge in [0.05, 0.1) is 28.5 Å². The van der Waals surface area contributed by atoms with Crippen molar-refractivity contribution in [3.8, 4) is 0 Å². The molecule has 0 aliphatic carbocycles. The van der Waals surface area contributed by atoms with Gasteiger partial charge in [0.1, 0.15) is 0 Å². The molecule has 0 amide bonds. The third-order valence-corrected chi connectivity index (χ3v) is 7.17. The Hall–Kier alpha value is -3.74. The van der Waals surface area contributed by atoms with Crippen LogP contribution in [0.4, 0.5) is 0 Å². The summed E-state index contributed by atoms with van der Waals surface area (Å²) < 4.78 is 7.60. The lowest BCUT2D eigenvalue weighted by atomic mass is 9.93. The number of carbonyl (C=O) groups is 1. The van der Waals surface area contributed by atoms with Crippen LogP contribution in [0, 0.1) is 6.92 Å². The summed E-state index contributed by atoms with van der Waals surface area (Å²) in [5, 5.41) is 0.565. The molecule has 1 aliphatic heterocycles. The lowest BCUT2D eigenvalue weighted by Crippen LogP contribution is -2.40. The van der Waals surface area contributed by atoms with Crippen LogP contribution in [-0.4, -0.2) is 17.1 Å². The molecule has 0 saturated heterocycles. The molecule has 36 heavy (non-hydrogen) atoms. The minimum Gasteiger partial charge on any atom is -0.463 e. The van der Waals surface area contributed by atoms with Crippen LogP contribution in [0.1, 0.15) is 35.2 Å². The van der Waals surface area contributed by atoms with Crippen molar-refractivity contribution < 1.29 is 9.53 Å². The average molecular weight is 515 g/mol. The van der Waals surface area contributed by atoms with Gasteiger partial charge in [0.2, 0.25) is 0 Å². The molecule has 1 unspecified atom stereocenters. The zero-order valence-corrected chi connectivity index (χ0v) is 21.3. The molecular formula is C29H23ClN2O3S. The third kappa shape index (κ3) is 4.57. The number of rotatable bonds is 5. The van der Waals surface area contributed by atoms with Crippen LogP contribution < -0.4 is 14.9 Å². The number of nitrogens with zero attached hydrogens (tertiary/aromatic N) is 2. The van der Waals surface area contributed by atoms with Crippen LogP contribution in [0.5, 0.6) is 0 Å². The monoisotopic (exact) mass is 514 g/mol. The van der Waals surface area contributed by atoms with Gasteiger partial charge in [-0.15, -0.1) is 0 Å². The number of ether oxygens (including phenoxy) is 1. The number of carbonyl (C=O) groups excluding carboxylic acids is 1. The van der Waals surface area contributed by atoms with Crippen LogP contribution in [0.2, 0.25) is 5.02 Å². The summed E-state index contributed by atoms with van der Waals surface area (Å²) in [6.07, 6.45) is 1.86. The molecule has 1 atom stereocenters. The summed E-state index contributed by atoms with van der Waals surface area (Å²) in [6.45, 7) is 3.98. The minimum atomic E-state index is -0.715. The van der Waals surface area contributed by atoms with Gasteiger partial charge in [0.15, 0.2) is 4.80 Å². The number of aromatic nitrogens is 1. The zero-order chi connectivity index (χ0) is 25.2. The molecule has 1 aliphatic rings. The van der Waals surface area contributed by atoms with E-state index in [9.17, 15) is 9.59 Å². The van der Waals surface area contributed by atoms with Crippen molar-refractivity contribution in [2.24, 2.45) is 4.99 Å². The van der Waals surface area contributed by atoms with E-state index in [2.05, 4.69) is 0 Å². The van der Waals surface area contributed by atoms with Gasteiger partial charge in [-0.05, 0) is 43.2 Å². The molecule has 1 aromatic heterocycles. The number of hydrogen-bond donors (Lipinski definition) is 0. The van der Waals surface area contributed by atoms with Gasteiger partial charge in [0.25, 0.3) is 5.56 Å². The first kappa shape index (κ1) is 24.0. The molecule has 5 nitrogen and oxygen atoms in total. The van der Waals surface area contributed by atoms with Crippen LogP contribution in [0.25, 0.3) is 11.8 Å². The predicted octanol–water partition coefficient (Wildman–Crippen LogP) is 4.90. The van der Waals surface area contributed by atoms with Gasteiger partial charge in [0, 0.05) is 10.6 Å². The Labute approximate surface area is 217 Å². The van der Waals surface area contributed by atoms with Gasteiger partial charge in [-0.25, -0.2) is 9.79 Å². The lowest BCUT2D eigenvalue weighted by molar-refractivity contribution is -0.138. The maximum Gasteiger partial charge on any atom is 0.338 e. The van der Waals surface area contributed by atoms with E-state index < -0.39 is 12.0 Å². The Bertz CT molecular complexity index is 1630.